The van der Waals surface area contributed by atoms with Crippen LogP contribution in [0.1, 0.15) is 43.1 Å². The summed E-state index contributed by atoms with van der Waals surface area (Å²) in [5.41, 5.74) is 3.45. The Labute approximate surface area is 133 Å². The van der Waals surface area contributed by atoms with Gasteiger partial charge in [0.2, 0.25) is 0 Å². The van der Waals surface area contributed by atoms with Crippen molar-refractivity contribution in [2.75, 3.05) is 0 Å². The molecule has 0 bridgehead atoms. The quantitative estimate of drug-likeness (QED) is 0.475. The van der Waals surface area contributed by atoms with Crippen LogP contribution in [-0.2, 0) is 0 Å². The average molecular weight is 296 g/mol. The molecule has 2 nitrogen and oxygen atoms in total. The Bertz CT molecular complexity index is 604. The first kappa shape index (κ1) is 17.7. The molecule has 0 aliphatic heterocycles. The average Bonchev–Trinajstić information content (AvgIpc) is 2.52. The van der Waals surface area contributed by atoms with Crippen LogP contribution in [-0.4, -0.2) is 12.4 Å². The monoisotopic (exact) mass is 296 g/mol. The summed E-state index contributed by atoms with van der Waals surface area (Å²) in [6, 6.07) is 5.54. The van der Waals surface area contributed by atoms with Gasteiger partial charge >= 0.3 is 0 Å². The summed E-state index contributed by atoms with van der Waals surface area (Å²) >= 11 is 0. The van der Waals surface area contributed by atoms with Gasteiger partial charge in [-0.25, -0.2) is 0 Å². The number of hydrogen-bond acceptors (Lipinski definition) is 2. The molecule has 0 atom stereocenters. The number of rotatable bonds is 8. The van der Waals surface area contributed by atoms with Crippen LogP contribution in [0.2, 0.25) is 0 Å². The van der Waals surface area contributed by atoms with E-state index in [9.17, 15) is 4.79 Å². The molecule has 0 aromatic heterocycles. The van der Waals surface area contributed by atoms with Gasteiger partial charge in [-0.2, -0.15) is 0 Å². The summed E-state index contributed by atoms with van der Waals surface area (Å²) in [5.74, 6) is 0.601. The van der Waals surface area contributed by atoms with Gasteiger partial charge in [0.05, 0.1) is 11.7 Å². The third-order valence-electron chi connectivity index (χ3n) is 3.20. The number of benzene rings is 1. The maximum atomic E-state index is 11.3. The number of para-hydroxylation sites is 1. The van der Waals surface area contributed by atoms with Gasteiger partial charge in [-0.1, -0.05) is 56.5 Å². The van der Waals surface area contributed by atoms with Crippen molar-refractivity contribution < 1.29 is 9.53 Å². The number of aldehydes is 1. The highest BCUT2D eigenvalue weighted by Crippen LogP contribution is 2.31. The van der Waals surface area contributed by atoms with Crippen LogP contribution in [0.4, 0.5) is 0 Å². The maximum absolute atomic E-state index is 11.3. The van der Waals surface area contributed by atoms with Gasteiger partial charge in [0, 0.05) is 5.56 Å². The van der Waals surface area contributed by atoms with Gasteiger partial charge in [0.1, 0.15) is 5.75 Å². The van der Waals surface area contributed by atoms with Gasteiger partial charge in [0.25, 0.3) is 0 Å². The summed E-state index contributed by atoms with van der Waals surface area (Å²) in [6.07, 6.45) is 9.31. The van der Waals surface area contributed by atoms with Crippen molar-refractivity contribution in [3.05, 3.63) is 72.4 Å². The minimum Gasteiger partial charge on any atom is -0.490 e. The van der Waals surface area contributed by atoms with E-state index in [0.717, 1.165) is 29.4 Å². The smallest absolute Gasteiger partial charge is 0.153 e. The number of ether oxygens (including phenoxy) is 1. The Morgan fingerprint density at radius 2 is 1.95 bits per heavy atom. The molecule has 0 aliphatic carbocycles. The molecule has 0 amide bonds. The van der Waals surface area contributed by atoms with E-state index in [-0.39, 0.29) is 6.10 Å². The number of carbonyl (C=O) groups is 1. The zero-order valence-electron chi connectivity index (χ0n) is 13.6. The van der Waals surface area contributed by atoms with E-state index in [1.165, 1.54) is 0 Å². The molecule has 2 heteroatoms. The molecule has 0 saturated carbocycles. The lowest BCUT2D eigenvalue weighted by Crippen LogP contribution is -2.09. The topological polar surface area (TPSA) is 26.3 Å². The fourth-order valence-corrected chi connectivity index (χ4v) is 2.04. The van der Waals surface area contributed by atoms with Crippen molar-refractivity contribution >= 4 is 11.9 Å². The predicted molar refractivity (Wildman–Crippen MR) is 94.3 cm³/mol. The second-order valence-electron chi connectivity index (χ2n) is 5.13. The first-order valence-corrected chi connectivity index (χ1v) is 7.48. The molecule has 0 saturated heterocycles. The molecule has 0 spiro atoms. The lowest BCUT2D eigenvalue weighted by atomic mass is 10.0. The molecule has 0 aliphatic rings. The Kier molecular flexibility index (Phi) is 7.11. The van der Waals surface area contributed by atoms with Crippen LogP contribution in [0.3, 0.4) is 0 Å². The fourth-order valence-electron chi connectivity index (χ4n) is 2.04. The first-order chi connectivity index (χ1) is 10.6. The van der Waals surface area contributed by atoms with Crippen molar-refractivity contribution in [2.45, 2.75) is 33.3 Å². The number of allylic oxidation sites excluding steroid dienone is 6. The standard InChI is InChI=1S/C20H24O2/c1-6-16(7-2)12-13-17(8-3)19-11-9-10-18(14-21)20(19)22-15(4)5/h6,8-15H,1,3,7H2,2,4-5H3/b16-12-,17-13+. The van der Waals surface area contributed by atoms with E-state index in [1.807, 2.05) is 44.2 Å². The lowest BCUT2D eigenvalue weighted by molar-refractivity contribution is 0.111. The van der Waals surface area contributed by atoms with Gasteiger partial charge in [-0.15, -0.1) is 0 Å². The SMILES string of the molecule is C=C/C(=C/C=C(\C=C)c1cccc(C=O)c1OC(C)C)CC. The summed E-state index contributed by atoms with van der Waals surface area (Å²) < 4.78 is 5.85. The normalized spacial score (nSPS) is 12.2. The largest absolute Gasteiger partial charge is 0.490 e. The molecule has 1 rings (SSSR count). The maximum Gasteiger partial charge on any atom is 0.153 e. The van der Waals surface area contributed by atoms with E-state index >= 15 is 0 Å². The molecular formula is C20H24O2. The Balaban J connectivity index is 3.41. The highest BCUT2D eigenvalue weighted by atomic mass is 16.5. The predicted octanol–water partition coefficient (Wildman–Crippen LogP) is 5.38. The third-order valence-corrected chi connectivity index (χ3v) is 3.20. The van der Waals surface area contributed by atoms with Crippen molar-refractivity contribution in [1.82, 2.24) is 0 Å². The van der Waals surface area contributed by atoms with Gasteiger partial charge in [0.15, 0.2) is 6.29 Å². The summed E-state index contributed by atoms with van der Waals surface area (Å²) in [7, 11) is 0. The second kappa shape index (κ2) is 8.83. The molecule has 1 aromatic carbocycles. The zero-order valence-corrected chi connectivity index (χ0v) is 13.6. The van der Waals surface area contributed by atoms with Crippen molar-refractivity contribution in [3.8, 4) is 5.75 Å². The number of carbonyl (C=O) groups excluding carboxylic acids is 1. The van der Waals surface area contributed by atoms with Crippen molar-refractivity contribution in [3.63, 3.8) is 0 Å². The molecular weight excluding hydrogens is 272 g/mol. The fraction of sp³-hybridized carbons (Fsp3) is 0.250. The van der Waals surface area contributed by atoms with Crippen LogP contribution in [0.5, 0.6) is 5.75 Å². The number of hydrogen-bond donors (Lipinski definition) is 0. The van der Waals surface area contributed by atoms with Crippen LogP contribution in [0, 0.1) is 0 Å². The molecule has 0 fully saturated rings. The van der Waals surface area contributed by atoms with Crippen LogP contribution in [0.25, 0.3) is 5.57 Å². The van der Waals surface area contributed by atoms with Crippen molar-refractivity contribution in [2.24, 2.45) is 0 Å². The van der Waals surface area contributed by atoms with Crippen LogP contribution < -0.4 is 4.74 Å². The van der Waals surface area contributed by atoms with E-state index < -0.39 is 0 Å². The van der Waals surface area contributed by atoms with E-state index in [0.29, 0.717) is 11.3 Å². The van der Waals surface area contributed by atoms with E-state index in [2.05, 4.69) is 20.1 Å². The molecule has 0 heterocycles. The van der Waals surface area contributed by atoms with Crippen LogP contribution >= 0.6 is 0 Å². The molecule has 116 valence electrons. The highest BCUT2D eigenvalue weighted by Gasteiger charge is 2.12. The highest BCUT2D eigenvalue weighted by molar-refractivity contribution is 5.87. The molecule has 1 aromatic rings. The van der Waals surface area contributed by atoms with Gasteiger partial charge < -0.3 is 4.74 Å². The third kappa shape index (κ3) is 4.59. The summed E-state index contributed by atoms with van der Waals surface area (Å²) in [4.78, 5) is 11.3. The molecule has 0 N–H and O–H groups in total. The minimum atomic E-state index is -0.0131. The first-order valence-electron chi connectivity index (χ1n) is 7.48. The lowest BCUT2D eigenvalue weighted by Gasteiger charge is -2.16. The summed E-state index contributed by atoms with van der Waals surface area (Å²) in [5, 5.41) is 0. The van der Waals surface area contributed by atoms with E-state index in [1.54, 1.807) is 12.1 Å². The zero-order chi connectivity index (χ0) is 16.5. The van der Waals surface area contributed by atoms with Gasteiger partial charge in [-0.3, -0.25) is 4.79 Å². The molecule has 22 heavy (non-hydrogen) atoms. The molecule has 0 radical (unpaired) electrons. The Hall–Kier alpha value is -2.35. The molecule has 0 unspecified atom stereocenters. The summed E-state index contributed by atoms with van der Waals surface area (Å²) in [6.45, 7) is 13.6. The van der Waals surface area contributed by atoms with Crippen molar-refractivity contribution in [1.29, 1.82) is 0 Å². The second-order valence-corrected chi connectivity index (χ2v) is 5.13. The Morgan fingerprint density at radius 1 is 1.23 bits per heavy atom. The van der Waals surface area contributed by atoms with Gasteiger partial charge in [-0.05, 0) is 37.5 Å². The minimum absolute atomic E-state index is 0.0131. The van der Waals surface area contributed by atoms with Crippen LogP contribution in [0.15, 0.2) is 61.2 Å². The Morgan fingerprint density at radius 3 is 2.45 bits per heavy atom. The van der Waals surface area contributed by atoms with E-state index in [4.69, 9.17) is 4.74 Å².